The molecule has 0 saturated heterocycles. The maximum absolute atomic E-state index is 12.3. The number of halogens is 1. The molecule has 0 fully saturated rings. The summed E-state index contributed by atoms with van der Waals surface area (Å²) in [5.74, 6) is -0.206. The maximum atomic E-state index is 12.3. The van der Waals surface area contributed by atoms with Crippen LogP contribution in [0.15, 0.2) is 0 Å². The van der Waals surface area contributed by atoms with Crippen molar-refractivity contribution in [2.45, 2.75) is 19.9 Å². The number of aromatic nitrogens is 1. The molecule has 1 aromatic heterocycles. The van der Waals surface area contributed by atoms with Crippen LogP contribution >= 0.6 is 11.6 Å². The Morgan fingerprint density at radius 3 is 2.56 bits per heavy atom. The molecule has 1 amide bonds. The summed E-state index contributed by atoms with van der Waals surface area (Å²) < 4.78 is 0. The number of amides is 1. The topological polar surface area (TPSA) is 73.7 Å². The van der Waals surface area contributed by atoms with Gasteiger partial charge in [-0.2, -0.15) is 0 Å². The van der Waals surface area contributed by atoms with Gasteiger partial charge in [-0.05, 0) is 25.0 Å². The van der Waals surface area contributed by atoms with Crippen LogP contribution in [0, 0.1) is 13.8 Å². The molecule has 18 heavy (non-hydrogen) atoms. The fourth-order valence-corrected chi connectivity index (χ4v) is 2.51. The van der Waals surface area contributed by atoms with Crippen molar-refractivity contribution in [3.05, 3.63) is 27.5 Å². The molecule has 1 aromatic rings. The summed E-state index contributed by atoms with van der Waals surface area (Å²) >= 11 is 6.02. The molecule has 1 aliphatic rings. The van der Waals surface area contributed by atoms with Crippen molar-refractivity contribution in [1.82, 2.24) is 9.88 Å². The van der Waals surface area contributed by atoms with E-state index in [4.69, 9.17) is 16.7 Å². The Kier molecular flexibility index (Phi) is 3.56. The zero-order chi connectivity index (χ0) is 13.4. The summed E-state index contributed by atoms with van der Waals surface area (Å²) in [6.07, 6.45) is 0. The monoisotopic (exact) mass is 270 g/mol. The lowest BCUT2D eigenvalue weighted by Gasteiger charge is -2.21. The van der Waals surface area contributed by atoms with E-state index < -0.39 is 6.04 Å². The van der Waals surface area contributed by atoms with Gasteiger partial charge >= 0.3 is 0 Å². The van der Waals surface area contributed by atoms with Gasteiger partial charge in [0.15, 0.2) is 0 Å². The van der Waals surface area contributed by atoms with Crippen LogP contribution in [-0.4, -0.2) is 45.8 Å². The Bertz CT molecular complexity index is 505. The van der Waals surface area contributed by atoms with Crippen molar-refractivity contribution >= 4 is 17.5 Å². The predicted octanol–water partition coefficient (Wildman–Crippen LogP) is 0.833. The standard InChI is InChI=1S/C12H15ClN2O3/c1-6-7(2)11(13)14-10-8(5-17)15(3-4-16)12(18)9(6)10/h8,16-17H,3-5H2,1-2H3. The number of aliphatic hydroxyl groups is 2. The first kappa shape index (κ1) is 13.3. The average Bonchev–Trinajstić information content (AvgIpc) is 2.60. The average molecular weight is 271 g/mol. The van der Waals surface area contributed by atoms with E-state index in [1.54, 1.807) is 6.92 Å². The molecule has 5 nitrogen and oxygen atoms in total. The van der Waals surface area contributed by atoms with Gasteiger partial charge < -0.3 is 15.1 Å². The van der Waals surface area contributed by atoms with Crippen LogP contribution in [0.4, 0.5) is 0 Å². The number of pyridine rings is 1. The van der Waals surface area contributed by atoms with E-state index in [1.807, 2.05) is 6.92 Å². The summed E-state index contributed by atoms with van der Waals surface area (Å²) in [5.41, 5.74) is 2.56. The van der Waals surface area contributed by atoms with Crippen LogP contribution in [0.5, 0.6) is 0 Å². The quantitative estimate of drug-likeness (QED) is 0.798. The van der Waals surface area contributed by atoms with Gasteiger partial charge in [-0.1, -0.05) is 11.6 Å². The molecular formula is C12H15ClN2O3. The van der Waals surface area contributed by atoms with Gasteiger partial charge in [0.1, 0.15) is 5.15 Å². The molecule has 0 saturated carbocycles. The third-order valence-electron chi connectivity index (χ3n) is 3.40. The third kappa shape index (κ3) is 1.79. The summed E-state index contributed by atoms with van der Waals surface area (Å²) in [6.45, 7) is 3.42. The molecule has 6 heteroatoms. The molecule has 98 valence electrons. The lowest BCUT2D eigenvalue weighted by atomic mass is 10.0. The normalized spacial score (nSPS) is 18.4. The first-order valence-electron chi connectivity index (χ1n) is 5.72. The lowest BCUT2D eigenvalue weighted by molar-refractivity contribution is 0.0602. The molecule has 2 heterocycles. The Morgan fingerprint density at radius 1 is 1.33 bits per heavy atom. The number of carbonyl (C=O) groups is 1. The number of carbonyl (C=O) groups excluding carboxylic acids is 1. The van der Waals surface area contributed by atoms with E-state index >= 15 is 0 Å². The highest BCUT2D eigenvalue weighted by Crippen LogP contribution is 2.36. The lowest BCUT2D eigenvalue weighted by Crippen LogP contribution is -2.32. The minimum atomic E-state index is -0.517. The van der Waals surface area contributed by atoms with E-state index in [0.29, 0.717) is 16.4 Å². The molecule has 0 bridgehead atoms. The summed E-state index contributed by atoms with van der Waals surface area (Å²) in [7, 11) is 0. The predicted molar refractivity (Wildman–Crippen MR) is 66.7 cm³/mol. The Labute approximate surface area is 110 Å². The molecule has 0 aromatic carbocycles. The highest BCUT2D eigenvalue weighted by molar-refractivity contribution is 6.30. The molecule has 2 N–H and O–H groups in total. The van der Waals surface area contributed by atoms with Gasteiger partial charge in [-0.3, -0.25) is 4.79 Å². The Morgan fingerprint density at radius 2 is 2.00 bits per heavy atom. The van der Waals surface area contributed by atoms with Crippen molar-refractivity contribution in [2.75, 3.05) is 19.8 Å². The number of β-amino-alcohol motifs (C(OH)–C–C–N with tert-alkyl or cyclic N) is 1. The number of rotatable bonds is 3. The number of fused-ring (bicyclic) bond motifs is 1. The Balaban J connectivity index is 2.59. The molecule has 2 rings (SSSR count). The highest BCUT2D eigenvalue weighted by atomic mass is 35.5. The zero-order valence-electron chi connectivity index (χ0n) is 10.3. The fraction of sp³-hybridized carbons (Fsp3) is 0.500. The van der Waals surface area contributed by atoms with E-state index in [2.05, 4.69) is 4.98 Å². The summed E-state index contributed by atoms with van der Waals surface area (Å²) in [6, 6.07) is -0.517. The van der Waals surface area contributed by atoms with Gasteiger partial charge in [0, 0.05) is 6.54 Å². The third-order valence-corrected chi connectivity index (χ3v) is 3.77. The van der Waals surface area contributed by atoms with Crippen molar-refractivity contribution in [3.63, 3.8) is 0 Å². The molecule has 0 aliphatic carbocycles. The summed E-state index contributed by atoms with van der Waals surface area (Å²) in [4.78, 5) is 17.9. The minimum Gasteiger partial charge on any atom is -0.395 e. The van der Waals surface area contributed by atoms with Crippen LogP contribution in [0.25, 0.3) is 0 Å². The second-order valence-electron chi connectivity index (χ2n) is 4.33. The molecule has 1 unspecified atom stereocenters. The second kappa shape index (κ2) is 4.84. The number of hydrogen-bond donors (Lipinski definition) is 2. The second-order valence-corrected chi connectivity index (χ2v) is 4.69. The van der Waals surface area contributed by atoms with E-state index in [1.165, 1.54) is 4.90 Å². The van der Waals surface area contributed by atoms with Crippen LogP contribution in [-0.2, 0) is 0 Å². The van der Waals surface area contributed by atoms with Crippen LogP contribution in [0.2, 0.25) is 5.15 Å². The number of aliphatic hydroxyl groups excluding tert-OH is 2. The van der Waals surface area contributed by atoms with Gasteiger partial charge in [-0.25, -0.2) is 4.98 Å². The zero-order valence-corrected chi connectivity index (χ0v) is 11.0. The molecule has 0 spiro atoms. The maximum Gasteiger partial charge on any atom is 0.256 e. The Hall–Kier alpha value is -1.17. The first-order valence-corrected chi connectivity index (χ1v) is 6.10. The van der Waals surface area contributed by atoms with Crippen LogP contribution in [0.3, 0.4) is 0 Å². The van der Waals surface area contributed by atoms with Gasteiger partial charge in [-0.15, -0.1) is 0 Å². The molecule has 0 radical (unpaired) electrons. The minimum absolute atomic E-state index is 0.151. The highest BCUT2D eigenvalue weighted by Gasteiger charge is 2.39. The molecule has 1 aliphatic heterocycles. The SMILES string of the molecule is Cc1c(Cl)nc2c(c1C)C(=O)N(CCO)C2CO. The van der Waals surface area contributed by atoms with Crippen molar-refractivity contribution in [1.29, 1.82) is 0 Å². The van der Waals surface area contributed by atoms with E-state index in [-0.39, 0.29) is 25.7 Å². The summed E-state index contributed by atoms with van der Waals surface area (Å²) in [5, 5.41) is 18.8. The molecular weight excluding hydrogens is 256 g/mol. The van der Waals surface area contributed by atoms with Gasteiger partial charge in [0.25, 0.3) is 5.91 Å². The molecule has 1 atom stereocenters. The first-order chi connectivity index (χ1) is 8.52. The van der Waals surface area contributed by atoms with E-state index in [0.717, 1.165) is 11.1 Å². The van der Waals surface area contributed by atoms with Crippen molar-refractivity contribution in [3.8, 4) is 0 Å². The van der Waals surface area contributed by atoms with Crippen molar-refractivity contribution < 1.29 is 15.0 Å². The number of hydrogen-bond acceptors (Lipinski definition) is 4. The van der Waals surface area contributed by atoms with Gasteiger partial charge in [0.2, 0.25) is 0 Å². The number of nitrogens with zero attached hydrogens (tertiary/aromatic N) is 2. The van der Waals surface area contributed by atoms with Crippen LogP contribution < -0.4 is 0 Å². The van der Waals surface area contributed by atoms with Crippen molar-refractivity contribution in [2.24, 2.45) is 0 Å². The van der Waals surface area contributed by atoms with Crippen LogP contribution in [0.1, 0.15) is 33.2 Å². The van der Waals surface area contributed by atoms with E-state index in [9.17, 15) is 9.90 Å². The van der Waals surface area contributed by atoms with Gasteiger partial charge in [0.05, 0.1) is 30.5 Å². The largest absolute Gasteiger partial charge is 0.395 e. The fourth-order valence-electron chi connectivity index (χ4n) is 2.27. The smallest absolute Gasteiger partial charge is 0.256 e.